The van der Waals surface area contributed by atoms with Gasteiger partial charge in [-0.3, -0.25) is 9.59 Å². The molecule has 0 aromatic heterocycles. The number of aliphatic hydroxyl groups excluding tert-OH is 1. The number of methoxy groups -OCH3 is 1. The fourth-order valence-electron chi connectivity index (χ4n) is 2.91. The number of hydrogen-bond acceptors (Lipinski definition) is 4. The number of ether oxygens (including phenoxy) is 1. The van der Waals surface area contributed by atoms with Gasteiger partial charge in [0.05, 0.1) is 13.2 Å². The van der Waals surface area contributed by atoms with Crippen molar-refractivity contribution in [2.75, 3.05) is 7.11 Å². The first-order valence-corrected chi connectivity index (χ1v) is 9.38. The summed E-state index contributed by atoms with van der Waals surface area (Å²) < 4.78 is 4.60. The van der Waals surface area contributed by atoms with Gasteiger partial charge in [0.2, 0.25) is 0 Å². The Balaban J connectivity index is 2.36. The number of allylic oxidation sites excluding steroid dienone is 5. The Kier molecular flexibility index (Phi) is 10.8. The highest BCUT2D eigenvalue weighted by Crippen LogP contribution is 2.27. The summed E-state index contributed by atoms with van der Waals surface area (Å²) in [6.07, 6.45) is 17.7. The van der Waals surface area contributed by atoms with Gasteiger partial charge in [-0.15, -0.1) is 0 Å². The molecule has 3 atom stereocenters. The Morgan fingerprint density at radius 2 is 2.12 bits per heavy atom. The molecule has 140 valence electrons. The molecule has 0 amide bonds. The van der Waals surface area contributed by atoms with Gasteiger partial charge in [0, 0.05) is 18.3 Å². The van der Waals surface area contributed by atoms with E-state index in [9.17, 15) is 14.7 Å². The lowest BCUT2D eigenvalue weighted by molar-refractivity contribution is -0.140. The van der Waals surface area contributed by atoms with E-state index in [2.05, 4.69) is 11.7 Å². The topological polar surface area (TPSA) is 63.6 Å². The minimum absolute atomic E-state index is 0.0630. The zero-order valence-electron chi connectivity index (χ0n) is 15.5. The summed E-state index contributed by atoms with van der Waals surface area (Å²) in [7, 11) is 1.39. The number of unbranched alkanes of at least 4 members (excludes halogenated alkanes) is 3. The van der Waals surface area contributed by atoms with E-state index in [1.165, 1.54) is 7.11 Å². The summed E-state index contributed by atoms with van der Waals surface area (Å²) in [4.78, 5) is 23.0. The average Bonchev–Trinajstić information content (AvgIpc) is 2.96. The minimum atomic E-state index is -0.426. The molecule has 1 aliphatic rings. The van der Waals surface area contributed by atoms with E-state index < -0.39 is 6.10 Å². The van der Waals surface area contributed by atoms with E-state index in [-0.39, 0.29) is 23.6 Å². The summed E-state index contributed by atoms with van der Waals surface area (Å²) in [5.74, 6) is -0.0513. The maximum Gasteiger partial charge on any atom is 0.305 e. The zero-order valence-corrected chi connectivity index (χ0v) is 15.5. The van der Waals surface area contributed by atoms with Gasteiger partial charge in [-0.1, -0.05) is 56.6 Å². The highest BCUT2D eigenvalue weighted by Gasteiger charge is 2.27. The molecule has 2 unspecified atom stereocenters. The second-order valence-corrected chi connectivity index (χ2v) is 6.57. The van der Waals surface area contributed by atoms with Crippen LogP contribution in [0.3, 0.4) is 0 Å². The standard InChI is InChI=1S/C21H32O4/c1-3-4-7-10-18(22)15-13-17-14-16-20(23)19(17)11-8-5-6-9-12-21(24)25-2/h5,8,13-19,22H,3-4,6-7,9-12H2,1-2H3/b8-5+,15-13+/t17?,18-,19?/m0/s1. The van der Waals surface area contributed by atoms with Crippen molar-refractivity contribution in [3.63, 3.8) is 0 Å². The van der Waals surface area contributed by atoms with Crippen LogP contribution >= 0.6 is 0 Å². The summed E-state index contributed by atoms with van der Waals surface area (Å²) in [6, 6.07) is 0. The number of rotatable bonds is 12. The molecular formula is C21H32O4. The third kappa shape index (κ3) is 8.82. The maximum atomic E-state index is 12.0. The first-order valence-electron chi connectivity index (χ1n) is 9.38. The lowest BCUT2D eigenvalue weighted by Crippen LogP contribution is -2.14. The molecule has 0 bridgehead atoms. The fourth-order valence-corrected chi connectivity index (χ4v) is 2.91. The van der Waals surface area contributed by atoms with E-state index in [0.717, 1.165) is 38.5 Å². The van der Waals surface area contributed by atoms with Crippen molar-refractivity contribution in [3.8, 4) is 0 Å². The van der Waals surface area contributed by atoms with E-state index in [0.29, 0.717) is 12.8 Å². The lowest BCUT2D eigenvalue weighted by atomic mass is 9.90. The molecule has 0 aromatic rings. The summed E-state index contributed by atoms with van der Waals surface area (Å²) in [5, 5.41) is 9.98. The highest BCUT2D eigenvalue weighted by molar-refractivity contribution is 5.95. The van der Waals surface area contributed by atoms with Gasteiger partial charge in [0.1, 0.15) is 0 Å². The molecule has 4 heteroatoms. The van der Waals surface area contributed by atoms with Crippen molar-refractivity contribution >= 4 is 11.8 Å². The van der Waals surface area contributed by atoms with Crippen molar-refractivity contribution in [2.24, 2.45) is 11.8 Å². The number of esters is 1. The molecule has 1 N–H and O–H groups in total. The van der Waals surface area contributed by atoms with Crippen molar-refractivity contribution < 1.29 is 19.4 Å². The molecule has 1 rings (SSSR count). The molecule has 0 aliphatic heterocycles. The van der Waals surface area contributed by atoms with Crippen LogP contribution in [0.15, 0.2) is 36.5 Å². The number of carbonyl (C=O) groups excluding carboxylic acids is 2. The van der Waals surface area contributed by atoms with Crippen LogP contribution in [0.5, 0.6) is 0 Å². The molecule has 0 radical (unpaired) electrons. The predicted octanol–water partition coefficient (Wildman–Crippen LogP) is 4.14. The summed E-state index contributed by atoms with van der Waals surface area (Å²) >= 11 is 0. The van der Waals surface area contributed by atoms with Gasteiger partial charge >= 0.3 is 5.97 Å². The van der Waals surface area contributed by atoms with E-state index >= 15 is 0 Å². The van der Waals surface area contributed by atoms with Crippen LogP contribution in [0.25, 0.3) is 0 Å². The van der Waals surface area contributed by atoms with Crippen molar-refractivity contribution in [2.45, 2.75) is 64.4 Å². The van der Waals surface area contributed by atoms with Crippen molar-refractivity contribution in [1.82, 2.24) is 0 Å². The number of aliphatic hydroxyl groups is 1. The first-order chi connectivity index (χ1) is 12.1. The van der Waals surface area contributed by atoms with Crippen LogP contribution < -0.4 is 0 Å². The number of ketones is 1. The van der Waals surface area contributed by atoms with Crippen molar-refractivity contribution in [3.05, 3.63) is 36.5 Å². The molecule has 0 spiro atoms. The Morgan fingerprint density at radius 1 is 1.32 bits per heavy atom. The largest absolute Gasteiger partial charge is 0.469 e. The second-order valence-electron chi connectivity index (χ2n) is 6.57. The monoisotopic (exact) mass is 348 g/mol. The third-order valence-corrected chi connectivity index (χ3v) is 4.51. The number of hydrogen-bond donors (Lipinski definition) is 1. The molecule has 0 saturated carbocycles. The normalized spacial score (nSPS) is 21.5. The Bertz CT molecular complexity index is 490. The second kappa shape index (κ2) is 12.6. The molecule has 4 nitrogen and oxygen atoms in total. The molecule has 0 aromatic carbocycles. The Hall–Kier alpha value is -1.68. The van der Waals surface area contributed by atoms with Gasteiger partial charge in [-0.2, -0.15) is 0 Å². The van der Waals surface area contributed by atoms with Gasteiger partial charge in [0.25, 0.3) is 0 Å². The summed E-state index contributed by atoms with van der Waals surface area (Å²) in [6.45, 7) is 2.14. The number of carbonyl (C=O) groups is 2. The van der Waals surface area contributed by atoms with Crippen LogP contribution in [0.2, 0.25) is 0 Å². The molecule has 1 aliphatic carbocycles. The highest BCUT2D eigenvalue weighted by atomic mass is 16.5. The van der Waals surface area contributed by atoms with Crippen LogP contribution in [-0.2, 0) is 14.3 Å². The summed E-state index contributed by atoms with van der Waals surface area (Å²) in [5.41, 5.74) is 0. The van der Waals surface area contributed by atoms with Gasteiger partial charge in [-0.05, 0) is 31.8 Å². The molecule has 0 heterocycles. The molecule has 0 saturated heterocycles. The zero-order chi connectivity index (χ0) is 18.5. The van der Waals surface area contributed by atoms with Gasteiger partial charge in [-0.25, -0.2) is 0 Å². The Labute approximate surface area is 151 Å². The minimum Gasteiger partial charge on any atom is -0.469 e. The van der Waals surface area contributed by atoms with Gasteiger partial charge in [0.15, 0.2) is 5.78 Å². The van der Waals surface area contributed by atoms with E-state index in [1.54, 1.807) is 6.08 Å². The molecular weight excluding hydrogens is 316 g/mol. The third-order valence-electron chi connectivity index (χ3n) is 4.51. The van der Waals surface area contributed by atoms with E-state index in [1.807, 2.05) is 30.4 Å². The molecule has 25 heavy (non-hydrogen) atoms. The molecule has 0 fully saturated rings. The Morgan fingerprint density at radius 3 is 2.84 bits per heavy atom. The maximum absolute atomic E-state index is 12.0. The van der Waals surface area contributed by atoms with Crippen LogP contribution in [0, 0.1) is 11.8 Å². The smallest absolute Gasteiger partial charge is 0.305 e. The predicted molar refractivity (Wildman–Crippen MR) is 100 cm³/mol. The first kappa shape index (κ1) is 21.4. The average molecular weight is 348 g/mol. The van der Waals surface area contributed by atoms with Gasteiger partial charge < -0.3 is 9.84 Å². The fraction of sp³-hybridized carbons (Fsp3) is 0.619. The lowest BCUT2D eigenvalue weighted by Gasteiger charge is -2.13. The van der Waals surface area contributed by atoms with Crippen LogP contribution in [-0.4, -0.2) is 30.1 Å². The van der Waals surface area contributed by atoms with Crippen molar-refractivity contribution in [1.29, 1.82) is 0 Å². The SMILES string of the molecule is CCCCC[C@H](O)/C=C/C1C=CC(=O)C1C/C=C/CCCC(=O)OC. The van der Waals surface area contributed by atoms with Crippen LogP contribution in [0.1, 0.15) is 58.3 Å². The van der Waals surface area contributed by atoms with E-state index in [4.69, 9.17) is 0 Å². The van der Waals surface area contributed by atoms with Crippen LogP contribution in [0.4, 0.5) is 0 Å². The quantitative estimate of drug-likeness (QED) is 0.327.